The Hall–Kier alpha value is -0.850. The van der Waals surface area contributed by atoms with Gasteiger partial charge in [-0.05, 0) is 36.6 Å². The third-order valence-corrected chi connectivity index (χ3v) is 3.74. The van der Waals surface area contributed by atoms with E-state index in [0.29, 0.717) is 0 Å². The summed E-state index contributed by atoms with van der Waals surface area (Å²) in [6.45, 7) is 2.86. The maximum atomic E-state index is 9.36. The zero-order valence-corrected chi connectivity index (χ0v) is 10.3. The van der Waals surface area contributed by atoms with Crippen molar-refractivity contribution in [1.29, 1.82) is 5.26 Å². The summed E-state index contributed by atoms with van der Waals surface area (Å²) < 4.78 is 1.12. The molecular formula is C12H13BrN2. The highest BCUT2D eigenvalue weighted by Gasteiger charge is 2.38. The van der Waals surface area contributed by atoms with Crippen LogP contribution >= 0.6 is 15.9 Å². The van der Waals surface area contributed by atoms with Gasteiger partial charge in [-0.15, -0.1) is 0 Å². The molecule has 2 nitrogen and oxygen atoms in total. The lowest BCUT2D eigenvalue weighted by molar-refractivity contribution is 0.437. The van der Waals surface area contributed by atoms with Gasteiger partial charge in [0.05, 0.1) is 6.07 Å². The Morgan fingerprint density at radius 2 is 2.40 bits per heavy atom. The third kappa shape index (κ3) is 1.58. The number of nitriles is 1. The van der Waals surface area contributed by atoms with Gasteiger partial charge in [0, 0.05) is 4.47 Å². The summed E-state index contributed by atoms with van der Waals surface area (Å²) in [6, 6.07) is 8.52. The molecule has 1 aliphatic carbocycles. The molecule has 15 heavy (non-hydrogen) atoms. The highest BCUT2D eigenvalue weighted by molar-refractivity contribution is 9.10. The molecule has 0 aliphatic heterocycles. The van der Waals surface area contributed by atoms with Crippen molar-refractivity contribution in [2.45, 2.75) is 25.3 Å². The molecule has 0 fully saturated rings. The van der Waals surface area contributed by atoms with Crippen molar-refractivity contribution >= 4 is 15.9 Å². The molecule has 1 aromatic carbocycles. The van der Waals surface area contributed by atoms with Crippen LogP contribution in [0, 0.1) is 11.3 Å². The number of nitrogens with zero attached hydrogens (tertiary/aromatic N) is 1. The summed E-state index contributed by atoms with van der Waals surface area (Å²) >= 11 is 3.54. The maximum Gasteiger partial charge on any atom is 0.132 e. The highest BCUT2D eigenvalue weighted by atomic mass is 79.9. The molecule has 1 N–H and O–H groups in total. The predicted octanol–water partition coefficient (Wildman–Crippen LogP) is 2.72. The van der Waals surface area contributed by atoms with Gasteiger partial charge in [-0.25, -0.2) is 0 Å². The monoisotopic (exact) mass is 264 g/mol. The zero-order chi connectivity index (χ0) is 10.9. The van der Waals surface area contributed by atoms with Gasteiger partial charge in [0.2, 0.25) is 0 Å². The molecule has 0 saturated heterocycles. The van der Waals surface area contributed by atoms with E-state index < -0.39 is 5.54 Å². The Bertz CT molecular complexity index is 422. The Labute approximate surface area is 98.4 Å². The van der Waals surface area contributed by atoms with Crippen molar-refractivity contribution in [2.24, 2.45) is 0 Å². The van der Waals surface area contributed by atoms with Gasteiger partial charge in [-0.3, -0.25) is 5.32 Å². The van der Waals surface area contributed by atoms with Crippen LogP contribution in [0.4, 0.5) is 0 Å². The second-order valence-electron chi connectivity index (χ2n) is 3.81. The zero-order valence-electron chi connectivity index (χ0n) is 8.68. The number of fused-ring (bicyclic) bond motifs is 1. The fraction of sp³-hybridized carbons (Fsp3) is 0.417. The molecule has 0 bridgehead atoms. The summed E-state index contributed by atoms with van der Waals surface area (Å²) in [5.74, 6) is 0. The maximum absolute atomic E-state index is 9.36. The third-order valence-electron chi connectivity index (χ3n) is 3.00. The standard InChI is InChI=1S/C12H13BrN2/c1-2-15-12(8-14)7-6-9-10(12)4-3-5-11(9)13/h3-5,15H,2,6-7H2,1H3. The number of nitrogens with one attached hydrogen (secondary N) is 1. The van der Waals surface area contributed by atoms with E-state index in [4.69, 9.17) is 0 Å². The Morgan fingerprint density at radius 3 is 3.07 bits per heavy atom. The van der Waals surface area contributed by atoms with Crippen LogP contribution in [-0.4, -0.2) is 6.54 Å². The topological polar surface area (TPSA) is 35.8 Å². The van der Waals surface area contributed by atoms with Crippen molar-refractivity contribution in [1.82, 2.24) is 5.32 Å². The highest BCUT2D eigenvalue weighted by Crippen LogP contribution is 2.39. The first kappa shape index (κ1) is 10.7. The van der Waals surface area contributed by atoms with Gasteiger partial charge in [-0.1, -0.05) is 35.0 Å². The number of hydrogen-bond acceptors (Lipinski definition) is 2. The lowest BCUT2D eigenvalue weighted by atomic mass is 9.93. The van der Waals surface area contributed by atoms with E-state index >= 15 is 0 Å². The van der Waals surface area contributed by atoms with Crippen LogP contribution in [0.2, 0.25) is 0 Å². The molecule has 0 heterocycles. The molecule has 78 valence electrons. The van der Waals surface area contributed by atoms with E-state index in [1.807, 2.05) is 19.1 Å². The van der Waals surface area contributed by atoms with Crippen LogP contribution in [0.5, 0.6) is 0 Å². The molecular weight excluding hydrogens is 252 g/mol. The molecule has 0 spiro atoms. The number of hydrogen-bond donors (Lipinski definition) is 1. The van der Waals surface area contributed by atoms with Crippen molar-refractivity contribution in [3.05, 3.63) is 33.8 Å². The van der Waals surface area contributed by atoms with Gasteiger partial charge in [0.1, 0.15) is 5.54 Å². The summed E-state index contributed by atoms with van der Waals surface area (Å²) in [6.07, 6.45) is 1.84. The number of benzene rings is 1. The molecule has 3 heteroatoms. The lowest BCUT2D eigenvalue weighted by Gasteiger charge is -2.23. The largest absolute Gasteiger partial charge is 0.296 e. The van der Waals surface area contributed by atoms with Crippen LogP contribution in [0.25, 0.3) is 0 Å². The van der Waals surface area contributed by atoms with Crippen molar-refractivity contribution in [3.63, 3.8) is 0 Å². The molecule has 2 rings (SSSR count). The molecule has 1 aromatic rings. The van der Waals surface area contributed by atoms with E-state index in [1.165, 1.54) is 5.56 Å². The molecule has 0 radical (unpaired) electrons. The van der Waals surface area contributed by atoms with Crippen LogP contribution in [0.3, 0.4) is 0 Å². The Kier molecular flexibility index (Phi) is 2.81. The predicted molar refractivity (Wildman–Crippen MR) is 63.4 cm³/mol. The Balaban J connectivity index is 2.52. The summed E-state index contributed by atoms with van der Waals surface area (Å²) in [7, 11) is 0. The molecule has 0 saturated carbocycles. The lowest BCUT2D eigenvalue weighted by Crippen LogP contribution is -2.38. The second kappa shape index (κ2) is 3.96. The first-order chi connectivity index (χ1) is 7.23. The first-order valence-corrected chi connectivity index (χ1v) is 5.97. The molecule has 0 amide bonds. The van der Waals surface area contributed by atoms with Crippen molar-refractivity contribution in [2.75, 3.05) is 6.54 Å². The minimum atomic E-state index is -0.464. The van der Waals surface area contributed by atoms with Crippen molar-refractivity contribution < 1.29 is 0 Å². The van der Waals surface area contributed by atoms with Gasteiger partial charge in [0.25, 0.3) is 0 Å². The van der Waals surface area contributed by atoms with Gasteiger partial charge in [0.15, 0.2) is 0 Å². The molecule has 1 unspecified atom stereocenters. The molecule has 1 aliphatic rings. The molecule has 1 atom stereocenters. The Morgan fingerprint density at radius 1 is 1.60 bits per heavy atom. The number of halogens is 1. The van der Waals surface area contributed by atoms with E-state index in [2.05, 4.69) is 33.4 Å². The van der Waals surface area contributed by atoms with E-state index in [1.54, 1.807) is 0 Å². The fourth-order valence-corrected chi connectivity index (χ4v) is 2.87. The quantitative estimate of drug-likeness (QED) is 0.892. The second-order valence-corrected chi connectivity index (χ2v) is 4.67. The molecule has 0 aromatic heterocycles. The summed E-state index contributed by atoms with van der Waals surface area (Å²) in [4.78, 5) is 0. The van der Waals surface area contributed by atoms with Crippen LogP contribution < -0.4 is 5.32 Å². The fourth-order valence-electron chi connectivity index (χ4n) is 2.30. The normalized spacial score (nSPS) is 23.5. The summed E-state index contributed by atoms with van der Waals surface area (Å²) in [5.41, 5.74) is 1.95. The average Bonchev–Trinajstić information content (AvgIpc) is 2.61. The van der Waals surface area contributed by atoms with E-state index in [0.717, 1.165) is 29.4 Å². The van der Waals surface area contributed by atoms with Crippen LogP contribution in [-0.2, 0) is 12.0 Å². The smallest absolute Gasteiger partial charge is 0.132 e. The van der Waals surface area contributed by atoms with Crippen LogP contribution in [0.1, 0.15) is 24.5 Å². The number of rotatable bonds is 2. The SMILES string of the molecule is CCNC1(C#N)CCc2c(Br)cccc21. The minimum absolute atomic E-state index is 0.464. The average molecular weight is 265 g/mol. The van der Waals surface area contributed by atoms with Gasteiger partial charge in [-0.2, -0.15) is 5.26 Å². The summed E-state index contributed by atoms with van der Waals surface area (Å²) in [5, 5.41) is 12.7. The van der Waals surface area contributed by atoms with E-state index in [9.17, 15) is 5.26 Å². The minimum Gasteiger partial charge on any atom is -0.296 e. The van der Waals surface area contributed by atoms with Crippen molar-refractivity contribution in [3.8, 4) is 6.07 Å². The van der Waals surface area contributed by atoms with Gasteiger partial charge < -0.3 is 0 Å². The van der Waals surface area contributed by atoms with Crippen LogP contribution in [0.15, 0.2) is 22.7 Å². The van der Waals surface area contributed by atoms with E-state index in [-0.39, 0.29) is 0 Å². The van der Waals surface area contributed by atoms with Gasteiger partial charge >= 0.3 is 0 Å². The first-order valence-electron chi connectivity index (χ1n) is 5.17.